The number of halogens is 2. The number of aromatic nitrogens is 3. The molecule has 0 aliphatic rings. The fraction of sp³-hybridized carbons (Fsp3) is 0. The highest BCUT2D eigenvalue weighted by atomic mass is 35.5. The minimum Gasteiger partial charge on any atom is -0.290 e. The summed E-state index contributed by atoms with van der Waals surface area (Å²) in [7, 11) is 0. The van der Waals surface area contributed by atoms with Gasteiger partial charge < -0.3 is 0 Å². The van der Waals surface area contributed by atoms with E-state index in [2.05, 4.69) is 10.1 Å². The number of H-pyrrole nitrogens is 1. The predicted molar refractivity (Wildman–Crippen MR) is 71.7 cm³/mol. The fourth-order valence-corrected chi connectivity index (χ4v) is 2.38. The third kappa shape index (κ3) is 1.62. The van der Waals surface area contributed by atoms with Crippen LogP contribution in [0.2, 0.25) is 10.0 Å². The molecule has 0 saturated heterocycles. The molecule has 3 rings (SSSR count). The molecule has 1 aromatic carbocycles. The van der Waals surface area contributed by atoms with Gasteiger partial charge in [-0.25, -0.2) is 4.68 Å². The molecule has 0 bridgehead atoms. The lowest BCUT2D eigenvalue weighted by molar-refractivity contribution is 0.864. The molecule has 90 valence electrons. The van der Waals surface area contributed by atoms with Crippen molar-refractivity contribution in [3.8, 4) is 5.69 Å². The number of rotatable bonds is 1. The third-order valence-corrected chi connectivity index (χ3v) is 3.26. The quantitative estimate of drug-likeness (QED) is 0.744. The molecule has 2 aromatic heterocycles. The van der Waals surface area contributed by atoms with Crippen molar-refractivity contribution in [3.63, 3.8) is 0 Å². The molecule has 0 amide bonds. The van der Waals surface area contributed by atoms with E-state index in [-0.39, 0.29) is 5.56 Å². The molecular formula is C12H7Cl2N3O. The summed E-state index contributed by atoms with van der Waals surface area (Å²) in [6.45, 7) is 0. The number of para-hydroxylation sites is 1. The molecular weight excluding hydrogens is 273 g/mol. The van der Waals surface area contributed by atoms with Gasteiger partial charge in [0.25, 0.3) is 5.56 Å². The van der Waals surface area contributed by atoms with Crippen molar-refractivity contribution in [1.29, 1.82) is 0 Å². The van der Waals surface area contributed by atoms with E-state index in [9.17, 15) is 4.79 Å². The lowest BCUT2D eigenvalue weighted by Gasteiger charge is -2.06. The summed E-state index contributed by atoms with van der Waals surface area (Å²) in [6, 6.07) is 6.80. The topological polar surface area (TPSA) is 50.7 Å². The summed E-state index contributed by atoms with van der Waals surface area (Å²) in [6.07, 6.45) is 3.12. The van der Waals surface area contributed by atoms with E-state index in [4.69, 9.17) is 23.2 Å². The van der Waals surface area contributed by atoms with Crippen LogP contribution in [0.3, 0.4) is 0 Å². The van der Waals surface area contributed by atoms with Crippen LogP contribution in [0, 0.1) is 0 Å². The third-order valence-electron chi connectivity index (χ3n) is 2.65. The fourth-order valence-electron chi connectivity index (χ4n) is 1.81. The van der Waals surface area contributed by atoms with Gasteiger partial charge in [-0.1, -0.05) is 29.3 Å². The lowest BCUT2D eigenvalue weighted by Crippen LogP contribution is -2.15. The smallest absolute Gasteiger partial charge is 0.280 e. The normalized spacial score (nSPS) is 11.0. The lowest BCUT2D eigenvalue weighted by atomic mass is 10.3. The maximum Gasteiger partial charge on any atom is 0.280 e. The second-order valence-corrected chi connectivity index (χ2v) is 4.56. The largest absolute Gasteiger partial charge is 0.290 e. The van der Waals surface area contributed by atoms with E-state index < -0.39 is 0 Å². The standard InChI is InChI=1S/C12H7Cl2N3O/c13-8-2-1-3-9(14)11(8)17-12(18)7-6-15-5-4-10(7)16-17/h1-6,16H. The summed E-state index contributed by atoms with van der Waals surface area (Å²) in [5, 5.41) is 4.26. The van der Waals surface area contributed by atoms with Crippen molar-refractivity contribution in [3.05, 3.63) is 57.1 Å². The molecule has 0 atom stereocenters. The molecule has 0 spiro atoms. The zero-order valence-corrected chi connectivity index (χ0v) is 10.5. The first-order chi connectivity index (χ1) is 8.68. The van der Waals surface area contributed by atoms with E-state index in [1.807, 2.05) is 0 Å². The highest BCUT2D eigenvalue weighted by Gasteiger charge is 2.13. The van der Waals surface area contributed by atoms with Gasteiger partial charge in [-0.05, 0) is 18.2 Å². The highest BCUT2D eigenvalue weighted by molar-refractivity contribution is 6.37. The monoisotopic (exact) mass is 279 g/mol. The molecule has 2 heterocycles. The molecule has 3 aromatic rings. The van der Waals surface area contributed by atoms with Crippen LogP contribution in [-0.2, 0) is 0 Å². The van der Waals surface area contributed by atoms with Crippen LogP contribution in [0.4, 0.5) is 0 Å². The van der Waals surface area contributed by atoms with Crippen LogP contribution >= 0.6 is 23.2 Å². The van der Waals surface area contributed by atoms with Crippen molar-refractivity contribution in [2.75, 3.05) is 0 Å². The number of aromatic amines is 1. The predicted octanol–water partition coefficient (Wildman–Crippen LogP) is 3.02. The van der Waals surface area contributed by atoms with Crippen LogP contribution < -0.4 is 5.56 Å². The van der Waals surface area contributed by atoms with Gasteiger partial charge in [0, 0.05) is 12.4 Å². The maximum atomic E-state index is 12.2. The van der Waals surface area contributed by atoms with Gasteiger partial charge in [-0.2, -0.15) is 0 Å². The molecule has 1 N–H and O–H groups in total. The Morgan fingerprint density at radius 2 is 1.89 bits per heavy atom. The Kier molecular flexibility index (Phi) is 2.61. The molecule has 0 aliphatic carbocycles. The summed E-state index contributed by atoms with van der Waals surface area (Å²) in [5.41, 5.74) is 0.904. The zero-order valence-electron chi connectivity index (χ0n) is 9.02. The highest BCUT2D eigenvalue weighted by Crippen LogP contribution is 2.27. The zero-order chi connectivity index (χ0) is 12.7. The Bertz CT molecular complexity index is 771. The van der Waals surface area contributed by atoms with Crippen LogP contribution in [-0.4, -0.2) is 14.8 Å². The van der Waals surface area contributed by atoms with Crippen molar-refractivity contribution in [1.82, 2.24) is 14.8 Å². The first-order valence-electron chi connectivity index (χ1n) is 5.17. The number of nitrogens with one attached hydrogen (secondary N) is 1. The molecule has 18 heavy (non-hydrogen) atoms. The Morgan fingerprint density at radius 3 is 2.56 bits per heavy atom. The minimum absolute atomic E-state index is 0.229. The van der Waals surface area contributed by atoms with Gasteiger partial charge in [0.15, 0.2) is 0 Å². The van der Waals surface area contributed by atoms with E-state index in [1.165, 1.54) is 10.9 Å². The Labute approximate surface area is 112 Å². The van der Waals surface area contributed by atoms with Crippen molar-refractivity contribution in [2.45, 2.75) is 0 Å². The van der Waals surface area contributed by atoms with Gasteiger partial charge in [0.2, 0.25) is 0 Å². The first-order valence-corrected chi connectivity index (χ1v) is 5.93. The van der Waals surface area contributed by atoms with Gasteiger partial charge in [-0.3, -0.25) is 14.9 Å². The van der Waals surface area contributed by atoms with Crippen LogP contribution in [0.1, 0.15) is 0 Å². The SMILES string of the molecule is O=c1c2cnccc2[nH]n1-c1c(Cl)cccc1Cl. The number of nitrogens with zero attached hydrogens (tertiary/aromatic N) is 2. The average molecular weight is 280 g/mol. The van der Waals surface area contributed by atoms with E-state index in [1.54, 1.807) is 30.5 Å². The van der Waals surface area contributed by atoms with Crippen molar-refractivity contribution in [2.24, 2.45) is 0 Å². The van der Waals surface area contributed by atoms with Crippen LogP contribution in [0.15, 0.2) is 41.5 Å². The van der Waals surface area contributed by atoms with Crippen LogP contribution in [0.5, 0.6) is 0 Å². The van der Waals surface area contributed by atoms with Gasteiger partial charge in [0.1, 0.15) is 5.69 Å². The Balaban J connectivity index is 2.39. The molecule has 4 nitrogen and oxygen atoms in total. The Morgan fingerprint density at radius 1 is 1.17 bits per heavy atom. The maximum absolute atomic E-state index is 12.2. The second-order valence-electron chi connectivity index (χ2n) is 3.74. The van der Waals surface area contributed by atoms with Crippen molar-refractivity contribution < 1.29 is 0 Å². The van der Waals surface area contributed by atoms with E-state index in [0.717, 1.165) is 0 Å². The second kappa shape index (κ2) is 4.15. The summed E-state index contributed by atoms with van der Waals surface area (Å²) < 4.78 is 1.33. The van der Waals surface area contributed by atoms with Gasteiger partial charge >= 0.3 is 0 Å². The molecule has 0 fully saturated rings. The summed E-state index contributed by atoms with van der Waals surface area (Å²) in [4.78, 5) is 16.1. The Hall–Kier alpha value is -1.78. The number of pyridine rings is 1. The molecule has 0 saturated carbocycles. The summed E-state index contributed by atoms with van der Waals surface area (Å²) in [5.74, 6) is 0. The molecule has 6 heteroatoms. The number of hydrogen-bond donors (Lipinski definition) is 1. The summed E-state index contributed by atoms with van der Waals surface area (Å²) >= 11 is 12.2. The number of hydrogen-bond acceptors (Lipinski definition) is 2. The number of fused-ring (bicyclic) bond motifs is 1. The van der Waals surface area contributed by atoms with Crippen molar-refractivity contribution >= 4 is 34.1 Å². The van der Waals surface area contributed by atoms with Crippen LogP contribution in [0.25, 0.3) is 16.6 Å². The average Bonchev–Trinajstić information content (AvgIpc) is 2.68. The van der Waals surface area contributed by atoms with Gasteiger partial charge in [-0.15, -0.1) is 0 Å². The molecule has 0 aliphatic heterocycles. The first kappa shape index (κ1) is 11.3. The minimum atomic E-state index is -0.229. The molecule has 0 unspecified atom stereocenters. The van der Waals surface area contributed by atoms with Gasteiger partial charge in [0.05, 0.1) is 20.9 Å². The number of benzene rings is 1. The van der Waals surface area contributed by atoms with E-state index in [0.29, 0.717) is 26.6 Å². The van der Waals surface area contributed by atoms with E-state index >= 15 is 0 Å². The molecule has 0 radical (unpaired) electrons.